The number of rotatable bonds is 21. The molecular formula is C62H67FN8O8S3. The van der Waals surface area contributed by atoms with Crippen LogP contribution in [0.3, 0.4) is 0 Å². The molecule has 3 aromatic heterocycles. The number of fused-ring (bicyclic) bond motifs is 2. The van der Waals surface area contributed by atoms with Crippen LogP contribution >= 0.6 is 34.0 Å². The Morgan fingerprint density at radius 1 is 0.927 bits per heavy atom. The number of hydrogen-bond donors (Lipinski definition) is 5. The molecule has 0 aliphatic carbocycles. The quantitative estimate of drug-likeness (QED) is 0.0336. The van der Waals surface area contributed by atoms with Crippen LogP contribution in [0.4, 0.5) is 14.7 Å². The number of unbranched alkanes of at least 4 members (excludes halogenated alkanes) is 4. The van der Waals surface area contributed by atoms with Gasteiger partial charge in [0.2, 0.25) is 17.7 Å². The molecule has 16 nitrogen and oxygen atoms in total. The summed E-state index contributed by atoms with van der Waals surface area (Å²) in [5.41, 5.74) is 7.76. The number of para-hydroxylation sites is 1. The summed E-state index contributed by atoms with van der Waals surface area (Å²) in [7, 11) is 0. The molecule has 9 rings (SSSR count). The van der Waals surface area contributed by atoms with Crippen molar-refractivity contribution in [2.24, 2.45) is 5.41 Å². The van der Waals surface area contributed by atoms with Crippen molar-refractivity contribution in [2.45, 2.75) is 130 Å². The highest BCUT2D eigenvalue weighted by Crippen LogP contribution is 2.35. The Morgan fingerprint density at radius 3 is 2.46 bits per heavy atom. The fraction of sp³-hybridized carbons (Fsp3) is 0.387. The second-order valence-corrected chi connectivity index (χ2v) is 24.8. The fourth-order valence-electron chi connectivity index (χ4n) is 10.2. The van der Waals surface area contributed by atoms with Crippen LogP contribution in [0.2, 0.25) is 0 Å². The number of ether oxygens (including phenoxy) is 1. The average Bonchev–Trinajstić information content (AvgIpc) is 4.36. The lowest BCUT2D eigenvalue weighted by Gasteiger charge is -2.35. The van der Waals surface area contributed by atoms with Crippen LogP contribution in [-0.2, 0) is 33.8 Å². The number of aliphatic hydroxyl groups excluding tert-OH is 1. The third-order valence-corrected chi connectivity index (χ3v) is 17.8. The molecule has 0 bridgehead atoms. The molecule has 82 heavy (non-hydrogen) atoms. The van der Waals surface area contributed by atoms with Gasteiger partial charge in [-0.15, -0.1) is 22.7 Å². The summed E-state index contributed by atoms with van der Waals surface area (Å²) in [4.78, 5) is 85.5. The Morgan fingerprint density at radius 2 is 1.72 bits per heavy atom. The van der Waals surface area contributed by atoms with Crippen LogP contribution < -0.4 is 25.6 Å². The number of carbonyl (C=O) groups excluding carboxylic acids is 4. The number of carboxylic acid groups (broad SMARTS) is 1. The smallest absolute Gasteiger partial charge is 0.355 e. The van der Waals surface area contributed by atoms with Gasteiger partial charge in [-0.3, -0.25) is 24.5 Å². The molecule has 2 aliphatic rings. The number of aliphatic hydroxyl groups is 1. The summed E-state index contributed by atoms with van der Waals surface area (Å²) in [5.74, 6) is 3.19. The predicted molar refractivity (Wildman–Crippen MR) is 319 cm³/mol. The van der Waals surface area contributed by atoms with Gasteiger partial charge in [0, 0.05) is 54.9 Å². The Hall–Kier alpha value is -7.57. The summed E-state index contributed by atoms with van der Waals surface area (Å²) >= 11 is 4.28. The number of aromatic carboxylic acids is 1. The summed E-state index contributed by atoms with van der Waals surface area (Å²) in [6.07, 6.45) is 4.41. The van der Waals surface area contributed by atoms with Gasteiger partial charge in [0.15, 0.2) is 27.5 Å². The minimum Gasteiger partial charge on any atom is -0.491 e. The highest BCUT2D eigenvalue weighted by molar-refractivity contribution is 7.22. The van der Waals surface area contributed by atoms with E-state index in [1.165, 1.54) is 39.7 Å². The van der Waals surface area contributed by atoms with Crippen molar-refractivity contribution in [3.8, 4) is 28.0 Å². The number of anilines is 2. The maximum Gasteiger partial charge on any atom is 0.355 e. The standard InChI is InChI=1S/C62H67FN8O8S3/c1-37(40-24-26-42(27-25-40)54-38(2)64-36-80-54)65-57(75)48-33-43(72)34-71(48)58(76)55(62(3,4)5)67-52(73)22-11-9-7-6-8-10-16-39-23-28-49(46(63)32-39)79-31-15-21-51-53(59(77)78)68-61(82-51)70-30-29-41-17-14-18-44(45(41)35-70)56(74)69-60-66-47-19-12-13-20-50(47)81-60/h12-14,17-20,23-28,32,36-37,43,48,55,72H,6-9,11,15,21-22,29-31,33-35H2,1-5H3,(H,65,75)(H,67,73)(H,77,78)(H,66,69,74)/t37-,43+,48-,55+/m0/s1. The minimum absolute atomic E-state index is 0.0105. The fourth-order valence-corrected chi connectivity index (χ4v) is 13.0. The molecule has 0 unspecified atom stereocenters. The van der Waals surface area contributed by atoms with Crippen molar-refractivity contribution in [1.82, 2.24) is 30.5 Å². The first-order chi connectivity index (χ1) is 39.4. The molecule has 4 amide bonds. The first-order valence-electron chi connectivity index (χ1n) is 27.7. The van der Waals surface area contributed by atoms with Crippen LogP contribution in [0.1, 0.15) is 139 Å². The van der Waals surface area contributed by atoms with Crippen LogP contribution in [0.5, 0.6) is 5.75 Å². The zero-order valence-electron chi connectivity index (χ0n) is 46.6. The highest BCUT2D eigenvalue weighted by atomic mass is 32.1. The minimum atomic E-state index is -1.14. The SMILES string of the molecule is Cc1ncsc1-c1ccc([C@H](C)NC(=O)[C@@H]2C[C@@H](O)CN2C(=O)[C@@H](NC(=O)CCCCCCC#Cc2ccc(OCCCc3sc(N4CCc5cccc(C(=O)Nc6nc7ccccc7s6)c5C4)nc3C(=O)O)c(F)c2)C(C)(C)C)cc1. The van der Waals surface area contributed by atoms with Gasteiger partial charge in [-0.2, -0.15) is 0 Å². The molecule has 0 radical (unpaired) electrons. The Labute approximate surface area is 488 Å². The number of hydrogen-bond acceptors (Lipinski definition) is 14. The normalized spacial score (nSPS) is 15.7. The molecule has 0 spiro atoms. The van der Waals surface area contributed by atoms with E-state index in [2.05, 4.69) is 42.7 Å². The number of aryl methyl sites for hydroxylation is 2. The van der Waals surface area contributed by atoms with Gasteiger partial charge in [-0.05, 0) is 110 Å². The lowest BCUT2D eigenvalue weighted by atomic mass is 9.85. The molecule has 1 saturated heterocycles. The number of halogens is 1. The second-order valence-electron chi connectivity index (χ2n) is 21.8. The van der Waals surface area contributed by atoms with Crippen molar-refractivity contribution < 1.29 is 43.3 Å². The average molecular weight is 1170 g/mol. The summed E-state index contributed by atoms with van der Waals surface area (Å²) < 4.78 is 21.9. The van der Waals surface area contributed by atoms with Gasteiger partial charge < -0.3 is 35.4 Å². The lowest BCUT2D eigenvalue weighted by Crippen LogP contribution is -2.57. The van der Waals surface area contributed by atoms with E-state index in [-0.39, 0.29) is 61.2 Å². The van der Waals surface area contributed by atoms with Gasteiger partial charge in [0.25, 0.3) is 5.91 Å². The number of amides is 4. The molecule has 428 valence electrons. The molecule has 7 aromatic rings. The maximum atomic E-state index is 15.2. The van der Waals surface area contributed by atoms with E-state index in [0.717, 1.165) is 62.3 Å². The molecule has 2 aliphatic heterocycles. The summed E-state index contributed by atoms with van der Waals surface area (Å²) in [5, 5.41) is 30.8. The molecule has 4 atom stereocenters. The monoisotopic (exact) mass is 1170 g/mol. The van der Waals surface area contributed by atoms with E-state index >= 15 is 4.39 Å². The molecule has 20 heteroatoms. The maximum absolute atomic E-state index is 15.2. The number of β-amino-alcohol motifs (C(OH)–C–C–N with tert-alkyl or cyclic N) is 1. The molecule has 4 aromatic carbocycles. The van der Waals surface area contributed by atoms with E-state index in [1.54, 1.807) is 23.5 Å². The van der Waals surface area contributed by atoms with E-state index in [9.17, 15) is 34.2 Å². The molecule has 0 saturated carbocycles. The second kappa shape index (κ2) is 26.6. The first-order valence-corrected chi connectivity index (χ1v) is 30.2. The van der Waals surface area contributed by atoms with Crippen molar-refractivity contribution in [3.05, 3.63) is 140 Å². The number of benzene rings is 4. The molecular weight excluding hydrogens is 1100 g/mol. The summed E-state index contributed by atoms with van der Waals surface area (Å²) in [6, 6.07) is 23.7. The van der Waals surface area contributed by atoms with Crippen LogP contribution in [0.25, 0.3) is 20.7 Å². The first kappa shape index (κ1) is 59.1. The summed E-state index contributed by atoms with van der Waals surface area (Å²) in [6.45, 7) is 10.5. The zero-order valence-corrected chi connectivity index (χ0v) is 49.0. The van der Waals surface area contributed by atoms with Gasteiger partial charge in [-0.25, -0.2) is 24.1 Å². The predicted octanol–water partition coefficient (Wildman–Crippen LogP) is 10.9. The van der Waals surface area contributed by atoms with Crippen molar-refractivity contribution in [2.75, 3.05) is 29.9 Å². The van der Waals surface area contributed by atoms with Crippen LogP contribution in [0, 0.1) is 30.0 Å². The highest BCUT2D eigenvalue weighted by Gasteiger charge is 2.45. The largest absolute Gasteiger partial charge is 0.491 e. The van der Waals surface area contributed by atoms with E-state index in [0.29, 0.717) is 71.5 Å². The number of carbonyl (C=O) groups is 5. The number of likely N-dealkylation sites (tertiary alicyclic amines) is 1. The van der Waals surface area contributed by atoms with Crippen LogP contribution in [-0.4, -0.2) is 97.5 Å². The van der Waals surface area contributed by atoms with E-state index in [1.807, 2.05) is 106 Å². The van der Waals surface area contributed by atoms with Gasteiger partial charge in [-0.1, -0.05) is 105 Å². The number of aromatic nitrogens is 3. The van der Waals surface area contributed by atoms with E-state index < -0.39 is 41.3 Å². The Bertz CT molecular complexity index is 3490. The molecule has 5 N–H and O–H groups in total. The molecule has 1 fully saturated rings. The van der Waals surface area contributed by atoms with E-state index in [4.69, 9.17) is 4.74 Å². The zero-order chi connectivity index (χ0) is 58.1. The number of carboxylic acids is 1. The topological polar surface area (TPSA) is 216 Å². The lowest BCUT2D eigenvalue weighted by molar-refractivity contribution is -0.144. The van der Waals surface area contributed by atoms with Gasteiger partial charge in [0.1, 0.15) is 12.1 Å². The van der Waals surface area contributed by atoms with Crippen molar-refractivity contribution in [1.29, 1.82) is 0 Å². The Kier molecular flexibility index (Phi) is 19.1. The van der Waals surface area contributed by atoms with Gasteiger partial charge in [0.05, 0.1) is 45.1 Å². The van der Waals surface area contributed by atoms with Crippen molar-refractivity contribution in [3.63, 3.8) is 0 Å². The number of thiazole rings is 3. The third-order valence-electron chi connectivity index (χ3n) is 14.7. The number of nitrogens with zero attached hydrogens (tertiary/aromatic N) is 5. The third kappa shape index (κ3) is 14.5. The number of nitrogens with one attached hydrogen (secondary N) is 3. The van der Waals surface area contributed by atoms with Crippen LogP contribution in [0.15, 0.2) is 90.4 Å². The Balaban J connectivity index is 0.684. The van der Waals surface area contributed by atoms with Crippen molar-refractivity contribution >= 4 is 84.1 Å². The molecule has 5 heterocycles. The van der Waals surface area contributed by atoms with Gasteiger partial charge >= 0.3 is 5.97 Å².